The molecule has 0 saturated carbocycles. The molecule has 0 bridgehead atoms. The molecule has 0 spiro atoms. The Bertz CT molecular complexity index is 1300. The van der Waals surface area contributed by atoms with Gasteiger partial charge in [-0.2, -0.15) is 25.3 Å². The van der Waals surface area contributed by atoms with Crippen LogP contribution in [-0.2, 0) is 35.2 Å². The van der Waals surface area contributed by atoms with Gasteiger partial charge in [-0.05, 0) is 23.8 Å². The molecule has 156 valence electrons. The van der Waals surface area contributed by atoms with Gasteiger partial charge in [0.15, 0.2) is 4.87 Å². The number of benzene rings is 2. The van der Waals surface area contributed by atoms with Crippen LogP contribution in [0.5, 0.6) is 5.75 Å². The lowest BCUT2D eigenvalue weighted by Crippen LogP contribution is -2.57. The molecule has 2 atom stereocenters. The zero-order chi connectivity index (χ0) is 21.7. The molecular weight excluding hydrogens is 446 g/mol. The Labute approximate surface area is 167 Å². The van der Waals surface area contributed by atoms with Gasteiger partial charge in [0.25, 0.3) is 20.2 Å². The van der Waals surface area contributed by atoms with E-state index in [1.54, 1.807) is 6.07 Å². The van der Waals surface area contributed by atoms with Crippen molar-refractivity contribution in [1.82, 2.24) is 0 Å². The topological polar surface area (TPSA) is 178 Å². The Kier molecular flexibility index (Phi) is 5.09. The molecule has 13 heteroatoms. The maximum atomic E-state index is 12.6. The Morgan fingerprint density at radius 2 is 1.52 bits per heavy atom. The lowest BCUT2D eigenvalue weighted by Gasteiger charge is -2.35. The lowest BCUT2D eigenvalue weighted by atomic mass is 9.91. The van der Waals surface area contributed by atoms with E-state index < -0.39 is 51.8 Å². The van der Waals surface area contributed by atoms with E-state index in [0.29, 0.717) is 0 Å². The molecule has 1 aliphatic carbocycles. The summed E-state index contributed by atoms with van der Waals surface area (Å²) in [6, 6.07) is 10.5. The van der Waals surface area contributed by atoms with Gasteiger partial charge < -0.3 is 9.92 Å². The second-order valence-corrected chi connectivity index (χ2v) is 10.8. The molecule has 2 aromatic carbocycles. The Hall–Kier alpha value is -2.29. The average molecular weight is 461 g/mol. The predicted molar refractivity (Wildman–Crippen MR) is 102 cm³/mol. The molecule has 0 saturated heterocycles. The first-order valence-electron chi connectivity index (χ1n) is 7.82. The highest BCUT2D eigenvalue weighted by Gasteiger charge is 2.56. The molecule has 2 aromatic rings. The van der Waals surface area contributed by atoms with Crippen molar-refractivity contribution in [3.63, 3.8) is 0 Å². The lowest BCUT2D eigenvalue weighted by molar-refractivity contribution is 0.402. The second kappa shape index (κ2) is 6.90. The van der Waals surface area contributed by atoms with Gasteiger partial charge in [0.2, 0.25) is 0 Å². The van der Waals surface area contributed by atoms with Gasteiger partial charge in [-0.25, -0.2) is 0 Å². The first-order chi connectivity index (χ1) is 13.3. The normalized spacial score (nSPS) is 22.1. The minimum atomic E-state index is -5.40. The van der Waals surface area contributed by atoms with Crippen molar-refractivity contribution in [2.45, 2.75) is 15.0 Å². The molecule has 0 radical (unpaired) electrons. The predicted octanol–water partition coefficient (Wildman–Crippen LogP) is 0.737. The highest BCUT2D eigenvalue weighted by atomic mass is 32.2. The van der Waals surface area contributed by atoms with E-state index in [2.05, 4.69) is 0 Å². The second-order valence-electron chi connectivity index (χ2n) is 6.13. The quantitative estimate of drug-likeness (QED) is 0.425. The zero-order valence-electron chi connectivity index (χ0n) is 14.4. The third-order valence-electron chi connectivity index (χ3n) is 4.30. The van der Waals surface area contributed by atoms with Crippen molar-refractivity contribution < 1.29 is 38.5 Å². The van der Waals surface area contributed by atoms with E-state index in [0.717, 1.165) is 18.2 Å². The minimum absolute atomic E-state index is 0.0224. The standard InChI is InChI=1S/C16H15NO9S3/c17-16(29(23,24)25)14(27(18,19)20)10-9-11-5-4-8-13(15(11)16)26-28(21,22)12-6-2-1-3-7-12/h1-10,14H,17H2,(H,18,19,20)(H,23,24,25). The SMILES string of the molecule is NC1(S(=O)(=O)O)c2c(cccc2OS(=O)(=O)c2ccccc2)C=CC1S(=O)(=O)O. The van der Waals surface area contributed by atoms with Crippen LogP contribution in [0, 0.1) is 0 Å². The molecule has 0 fully saturated rings. The molecule has 1 aliphatic rings. The first-order valence-corrected chi connectivity index (χ1v) is 12.2. The number of nitrogens with two attached hydrogens (primary N) is 1. The van der Waals surface area contributed by atoms with Crippen LogP contribution in [0.15, 0.2) is 59.5 Å². The fourth-order valence-electron chi connectivity index (χ4n) is 3.00. The van der Waals surface area contributed by atoms with Gasteiger partial charge in [-0.3, -0.25) is 9.11 Å². The van der Waals surface area contributed by atoms with E-state index in [-0.39, 0.29) is 10.5 Å². The number of fused-ring (bicyclic) bond motifs is 1. The molecule has 3 rings (SSSR count). The highest BCUT2D eigenvalue weighted by molar-refractivity contribution is 7.91. The summed E-state index contributed by atoms with van der Waals surface area (Å²) >= 11 is 0. The summed E-state index contributed by atoms with van der Waals surface area (Å²) < 4.78 is 97.2. The van der Waals surface area contributed by atoms with Crippen molar-refractivity contribution in [3.05, 3.63) is 65.7 Å². The third kappa shape index (κ3) is 3.68. The molecule has 0 aromatic heterocycles. The van der Waals surface area contributed by atoms with Crippen LogP contribution in [0.1, 0.15) is 11.1 Å². The molecular formula is C16H15NO9S3. The van der Waals surface area contributed by atoms with E-state index in [1.807, 2.05) is 0 Å². The van der Waals surface area contributed by atoms with Crippen LogP contribution in [-0.4, -0.2) is 39.6 Å². The summed E-state index contributed by atoms with van der Waals surface area (Å²) in [6.07, 6.45) is 1.90. The molecule has 4 N–H and O–H groups in total. The molecule has 0 heterocycles. The maximum Gasteiger partial charge on any atom is 0.339 e. The first kappa shape index (κ1) is 21.4. The van der Waals surface area contributed by atoms with Crippen LogP contribution in [0.3, 0.4) is 0 Å². The van der Waals surface area contributed by atoms with E-state index in [4.69, 9.17) is 9.92 Å². The van der Waals surface area contributed by atoms with Gasteiger partial charge in [-0.1, -0.05) is 42.5 Å². The molecule has 2 unspecified atom stereocenters. The largest absolute Gasteiger partial charge is 0.379 e. The zero-order valence-corrected chi connectivity index (χ0v) is 16.9. The highest BCUT2D eigenvalue weighted by Crippen LogP contribution is 2.44. The summed E-state index contributed by atoms with van der Waals surface area (Å²) in [5.74, 6) is -0.621. The minimum Gasteiger partial charge on any atom is -0.379 e. The summed E-state index contributed by atoms with van der Waals surface area (Å²) in [6.45, 7) is 0. The summed E-state index contributed by atoms with van der Waals surface area (Å²) in [5.41, 5.74) is 5.18. The van der Waals surface area contributed by atoms with Crippen LogP contribution >= 0.6 is 0 Å². The van der Waals surface area contributed by atoms with Crippen LogP contribution in [0.4, 0.5) is 0 Å². The summed E-state index contributed by atoms with van der Waals surface area (Å²) in [4.78, 5) is -3.39. The van der Waals surface area contributed by atoms with Gasteiger partial charge >= 0.3 is 10.1 Å². The van der Waals surface area contributed by atoms with Crippen molar-refractivity contribution in [2.75, 3.05) is 0 Å². The number of rotatable bonds is 5. The van der Waals surface area contributed by atoms with Crippen molar-refractivity contribution in [3.8, 4) is 5.75 Å². The molecule has 0 aliphatic heterocycles. The summed E-state index contributed by atoms with van der Waals surface area (Å²) in [5, 5.41) is -2.32. The van der Waals surface area contributed by atoms with E-state index in [9.17, 15) is 34.4 Å². The van der Waals surface area contributed by atoms with Crippen LogP contribution in [0.2, 0.25) is 0 Å². The third-order valence-corrected chi connectivity index (χ3v) is 8.18. The molecule has 29 heavy (non-hydrogen) atoms. The van der Waals surface area contributed by atoms with Crippen LogP contribution in [0.25, 0.3) is 6.08 Å². The molecule has 10 nitrogen and oxygen atoms in total. The molecule has 0 amide bonds. The fraction of sp³-hybridized carbons (Fsp3) is 0.125. The van der Waals surface area contributed by atoms with Crippen molar-refractivity contribution in [2.24, 2.45) is 5.73 Å². The monoisotopic (exact) mass is 461 g/mol. The van der Waals surface area contributed by atoms with E-state index >= 15 is 0 Å². The smallest absolute Gasteiger partial charge is 0.339 e. The Morgan fingerprint density at radius 3 is 2.07 bits per heavy atom. The van der Waals surface area contributed by atoms with Gasteiger partial charge in [0, 0.05) is 5.56 Å². The number of hydrogen-bond acceptors (Lipinski definition) is 8. The average Bonchev–Trinajstić information content (AvgIpc) is 2.60. The van der Waals surface area contributed by atoms with E-state index in [1.165, 1.54) is 36.4 Å². The van der Waals surface area contributed by atoms with Crippen molar-refractivity contribution >= 4 is 36.4 Å². The van der Waals surface area contributed by atoms with Gasteiger partial charge in [0.05, 0.1) is 0 Å². The van der Waals surface area contributed by atoms with Crippen molar-refractivity contribution in [1.29, 1.82) is 0 Å². The van der Waals surface area contributed by atoms with Gasteiger partial charge in [0.1, 0.15) is 15.9 Å². The summed E-state index contributed by atoms with van der Waals surface area (Å²) in [7, 11) is -15.0. The van der Waals surface area contributed by atoms with Gasteiger partial charge in [-0.15, -0.1) is 0 Å². The maximum absolute atomic E-state index is 12.6. The Balaban J connectivity index is 2.28. The fourth-order valence-corrected chi connectivity index (χ4v) is 6.38. The van der Waals surface area contributed by atoms with Crippen LogP contribution < -0.4 is 9.92 Å². The Morgan fingerprint density at radius 1 is 0.897 bits per heavy atom. The number of hydrogen-bond donors (Lipinski definition) is 3.